The van der Waals surface area contributed by atoms with Crippen LogP contribution in [0.1, 0.15) is 29.2 Å². The number of amides is 1. The van der Waals surface area contributed by atoms with Gasteiger partial charge in [-0.25, -0.2) is 4.98 Å². The van der Waals surface area contributed by atoms with Gasteiger partial charge in [-0.05, 0) is 54.5 Å². The van der Waals surface area contributed by atoms with Gasteiger partial charge in [0, 0.05) is 30.4 Å². The SMILES string of the molecule is O=C(c1cccc(-c2cn[nH]c2)c1)N1C[C@H]2C[C@@H](n3cnc4ccccc43)[C@H](O)C[C@H]2C1. The molecule has 3 heterocycles. The largest absolute Gasteiger partial charge is 0.391 e. The van der Waals surface area contributed by atoms with E-state index in [2.05, 4.69) is 25.8 Å². The van der Waals surface area contributed by atoms with E-state index >= 15 is 0 Å². The smallest absolute Gasteiger partial charge is 0.253 e. The Balaban J connectivity index is 1.21. The van der Waals surface area contributed by atoms with E-state index in [1.54, 1.807) is 6.20 Å². The second-order valence-electron chi connectivity index (χ2n) is 9.04. The topological polar surface area (TPSA) is 87.0 Å². The first kappa shape index (κ1) is 19.3. The van der Waals surface area contributed by atoms with Crippen molar-refractivity contribution in [1.82, 2.24) is 24.6 Å². The lowest BCUT2D eigenvalue weighted by Crippen LogP contribution is -2.36. The summed E-state index contributed by atoms with van der Waals surface area (Å²) in [5.41, 5.74) is 4.64. The number of para-hydroxylation sites is 2. The number of benzene rings is 2. The maximum Gasteiger partial charge on any atom is 0.253 e. The number of imidazole rings is 1. The van der Waals surface area contributed by atoms with Crippen LogP contribution in [-0.2, 0) is 0 Å². The lowest BCUT2D eigenvalue weighted by atomic mass is 9.77. The molecule has 2 aliphatic rings. The van der Waals surface area contributed by atoms with E-state index in [4.69, 9.17) is 0 Å². The molecule has 0 spiro atoms. The second kappa shape index (κ2) is 7.60. The molecule has 4 atom stereocenters. The Labute approximate surface area is 185 Å². The van der Waals surface area contributed by atoms with Crippen LogP contribution in [0.5, 0.6) is 0 Å². The van der Waals surface area contributed by atoms with Gasteiger partial charge in [-0.2, -0.15) is 5.10 Å². The maximum absolute atomic E-state index is 13.3. The van der Waals surface area contributed by atoms with Gasteiger partial charge in [-0.3, -0.25) is 9.89 Å². The Kier molecular flexibility index (Phi) is 4.57. The number of aliphatic hydroxyl groups is 1. The molecule has 1 saturated carbocycles. The molecule has 6 rings (SSSR count). The first-order valence-corrected chi connectivity index (χ1v) is 11.2. The summed E-state index contributed by atoms with van der Waals surface area (Å²) in [7, 11) is 0. The number of carbonyl (C=O) groups is 1. The highest BCUT2D eigenvalue weighted by Crippen LogP contribution is 2.42. The minimum atomic E-state index is -0.437. The van der Waals surface area contributed by atoms with E-state index in [1.165, 1.54) is 0 Å². The molecule has 2 aromatic heterocycles. The van der Waals surface area contributed by atoms with Gasteiger partial charge in [0.05, 0.1) is 35.7 Å². The number of fused-ring (bicyclic) bond motifs is 2. The number of aliphatic hydroxyl groups excluding tert-OH is 1. The average Bonchev–Trinajstić information content (AvgIpc) is 3.57. The molecule has 7 nitrogen and oxygen atoms in total. The number of nitrogens with one attached hydrogen (secondary N) is 1. The Bertz CT molecular complexity index is 1260. The van der Waals surface area contributed by atoms with E-state index < -0.39 is 6.10 Å². The second-order valence-corrected chi connectivity index (χ2v) is 9.04. The molecule has 4 aromatic rings. The molecule has 162 valence electrons. The lowest BCUT2D eigenvalue weighted by Gasteiger charge is -2.36. The van der Waals surface area contributed by atoms with Gasteiger partial charge in [0.25, 0.3) is 5.91 Å². The number of likely N-dealkylation sites (tertiary alicyclic amines) is 1. The Hall–Kier alpha value is -3.45. The van der Waals surface area contributed by atoms with Crippen molar-refractivity contribution in [3.05, 3.63) is 72.8 Å². The summed E-state index contributed by atoms with van der Waals surface area (Å²) in [6.07, 6.45) is 6.56. The van der Waals surface area contributed by atoms with Gasteiger partial charge in [-0.15, -0.1) is 0 Å². The van der Waals surface area contributed by atoms with Crippen LogP contribution in [0.15, 0.2) is 67.3 Å². The molecular formula is C25H25N5O2. The third kappa shape index (κ3) is 3.20. The van der Waals surface area contributed by atoms with Crippen LogP contribution >= 0.6 is 0 Å². The number of aromatic amines is 1. The standard InChI is InChI=1S/C25H25N5O2/c31-24-10-19-14-29(25(32)17-5-3-4-16(8-17)20-11-27-28-12-20)13-18(19)9-23(24)30-15-26-21-6-1-2-7-22(21)30/h1-8,11-12,15,18-19,23-24,31H,9-10,13-14H2,(H,27,28)/t18-,19+,23-,24-/m1/s1. The van der Waals surface area contributed by atoms with Gasteiger partial charge in [0.15, 0.2) is 0 Å². The van der Waals surface area contributed by atoms with E-state index in [0.29, 0.717) is 30.4 Å². The van der Waals surface area contributed by atoms with Crippen LogP contribution in [0.25, 0.3) is 22.2 Å². The Morgan fingerprint density at radius 2 is 1.88 bits per heavy atom. The molecule has 1 amide bonds. The highest BCUT2D eigenvalue weighted by atomic mass is 16.3. The molecule has 2 N–H and O–H groups in total. The summed E-state index contributed by atoms with van der Waals surface area (Å²) in [5.74, 6) is 0.770. The first-order chi connectivity index (χ1) is 15.7. The Morgan fingerprint density at radius 3 is 2.72 bits per heavy atom. The number of hydrogen-bond acceptors (Lipinski definition) is 4. The summed E-state index contributed by atoms with van der Waals surface area (Å²) < 4.78 is 2.12. The highest BCUT2D eigenvalue weighted by Gasteiger charge is 2.43. The van der Waals surface area contributed by atoms with Gasteiger partial charge in [-0.1, -0.05) is 24.3 Å². The van der Waals surface area contributed by atoms with Crippen LogP contribution in [0.4, 0.5) is 0 Å². The molecule has 1 aliphatic heterocycles. The first-order valence-electron chi connectivity index (χ1n) is 11.2. The van der Waals surface area contributed by atoms with Gasteiger partial charge >= 0.3 is 0 Å². The summed E-state index contributed by atoms with van der Waals surface area (Å²) in [6.45, 7) is 1.43. The van der Waals surface area contributed by atoms with Crippen LogP contribution in [0.3, 0.4) is 0 Å². The van der Waals surface area contributed by atoms with Crippen LogP contribution in [0.2, 0.25) is 0 Å². The minimum absolute atomic E-state index is 0.0110. The zero-order valence-electron chi connectivity index (χ0n) is 17.6. The van der Waals surface area contributed by atoms with Gasteiger partial charge in [0.1, 0.15) is 0 Å². The molecule has 7 heteroatoms. The predicted octanol–water partition coefficient (Wildman–Crippen LogP) is 3.51. The quantitative estimate of drug-likeness (QED) is 0.524. The summed E-state index contributed by atoms with van der Waals surface area (Å²) in [5, 5.41) is 17.8. The molecule has 0 bridgehead atoms. The van der Waals surface area contributed by atoms with E-state index in [9.17, 15) is 9.90 Å². The lowest BCUT2D eigenvalue weighted by molar-refractivity contribution is 0.0374. The predicted molar refractivity (Wildman–Crippen MR) is 121 cm³/mol. The van der Waals surface area contributed by atoms with Crippen molar-refractivity contribution < 1.29 is 9.90 Å². The third-order valence-corrected chi connectivity index (χ3v) is 7.18. The van der Waals surface area contributed by atoms with Crippen molar-refractivity contribution >= 4 is 16.9 Å². The van der Waals surface area contributed by atoms with Crippen molar-refractivity contribution in [3.63, 3.8) is 0 Å². The fourth-order valence-electron chi connectivity index (χ4n) is 5.54. The summed E-state index contributed by atoms with van der Waals surface area (Å²) in [6, 6.07) is 15.7. The molecule has 2 fully saturated rings. The van der Waals surface area contributed by atoms with Gasteiger partial charge < -0.3 is 14.6 Å². The Morgan fingerprint density at radius 1 is 1.03 bits per heavy atom. The molecule has 2 aromatic carbocycles. The van der Waals surface area contributed by atoms with E-state index in [-0.39, 0.29) is 11.9 Å². The number of hydrogen-bond donors (Lipinski definition) is 2. The van der Waals surface area contributed by atoms with Crippen LogP contribution < -0.4 is 0 Å². The maximum atomic E-state index is 13.3. The van der Waals surface area contributed by atoms with Crippen molar-refractivity contribution in [2.75, 3.05) is 13.1 Å². The number of carbonyl (C=O) groups excluding carboxylic acids is 1. The number of rotatable bonds is 3. The molecule has 32 heavy (non-hydrogen) atoms. The zero-order chi connectivity index (χ0) is 21.7. The number of nitrogens with zero attached hydrogens (tertiary/aromatic N) is 4. The highest BCUT2D eigenvalue weighted by molar-refractivity contribution is 5.95. The van der Waals surface area contributed by atoms with Crippen molar-refractivity contribution in [2.24, 2.45) is 11.8 Å². The molecule has 0 unspecified atom stereocenters. The summed E-state index contributed by atoms with van der Waals surface area (Å²) in [4.78, 5) is 19.8. The minimum Gasteiger partial charge on any atom is -0.391 e. The van der Waals surface area contributed by atoms with Crippen molar-refractivity contribution in [2.45, 2.75) is 25.0 Å². The van der Waals surface area contributed by atoms with E-state index in [1.807, 2.05) is 59.9 Å². The number of aromatic nitrogens is 4. The monoisotopic (exact) mass is 427 g/mol. The van der Waals surface area contributed by atoms with Crippen LogP contribution in [0, 0.1) is 11.8 Å². The molecule has 1 saturated heterocycles. The fourth-order valence-corrected chi connectivity index (χ4v) is 5.54. The van der Waals surface area contributed by atoms with Crippen LogP contribution in [-0.4, -0.2) is 54.9 Å². The number of H-pyrrole nitrogens is 1. The zero-order valence-corrected chi connectivity index (χ0v) is 17.6. The molecular weight excluding hydrogens is 402 g/mol. The molecule has 0 radical (unpaired) electrons. The van der Waals surface area contributed by atoms with E-state index in [0.717, 1.165) is 35.1 Å². The normalized spacial score (nSPS) is 25.2. The fraction of sp³-hybridized carbons (Fsp3) is 0.320. The molecule has 1 aliphatic carbocycles. The van der Waals surface area contributed by atoms with Crippen molar-refractivity contribution in [3.8, 4) is 11.1 Å². The summed E-state index contributed by atoms with van der Waals surface area (Å²) >= 11 is 0. The van der Waals surface area contributed by atoms with Gasteiger partial charge in [0.2, 0.25) is 0 Å². The average molecular weight is 428 g/mol. The third-order valence-electron chi connectivity index (χ3n) is 7.18. The van der Waals surface area contributed by atoms with Crippen molar-refractivity contribution in [1.29, 1.82) is 0 Å².